The van der Waals surface area contributed by atoms with Gasteiger partial charge in [0.25, 0.3) is 5.91 Å². The predicted octanol–water partition coefficient (Wildman–Crippen LogP) is 4.65. The molecule has 3 N–H and O–H groups in total. The van der Waals surface area contributed by atoms with Crippen LogP contribution in [-0.4, -0.2) is 33.5 Å². The highest BCUT2D eigenvalue weighted by atomic mass is 35.5. The topological polar surface area (TPSA) is 90.9 Å². The first kappa shape index (κ1) is 21.3. The summed E-state index contributed by atoms with van der Waals surface area (Å²) >= 11 is 18.0. The van der Waals surface area contributed by atoms with E-state index in [9.17, 15) is 14.7 Å². The van der Waals surface area contributed by atoms with Crippen LogP contribution in [0.5, 0.6) is 11.5 Å². The Bertz CT molecular complexity index is 1050. The summed E-state index contributed by atoms with van der Waals surface area (Å²) in [6.45, 7) is 0. The number of amides is 3. The summed E-state index contributed by atoms with van der Waals surface area (Å²) in [7, 11) is 1.43. The van der Waals surface area contributed by atoms with Gasteiger partial charge in [0, 0.05) is 5.69 Å². The standard InChI is InChI=1S/C18H13Cl2N3O4S2/c1-27-14-6-9(2-5-13(14)24)7-15-16(25)23(18(28)29-15)22-17(26)21-10-3-4-11(19)12(20)8-10/h2-8,24H,1H3,(H2,21,22,26)/b15-7+. The van der Waals surface area contributed by atoms with E-state index in [0.717, 1.165) is 16.8 Å². The van der Waals surface area contributed by atoms with Gasteiger partial charge in [-0.05, 0) is 54.2 Å². The number of nitrogens with zero attached hydrogens (tertiary/aromatic N) is 1. The van der Waals surface area contributed by atoms with E-state index in [1.54, 1.807) is 24.3 Å². The minimum Gasteiger partial charge on any atom is -0.504 e. The maximum Gasteiger partial charge on any atom is 0.338 e. The number of benzene rings is 2. The van der Waals surface area contributed by atoms with E-state index >= 15 is 0 Å². The van der Waals surface area contributed by atoms with Crippen molar-refractivity contribution in [1.29, 1.82) is 0 Å². The molecule has 7 nitrogen and oxygen atoms in total. The predicted molar refractivity (Wildman–Crippen MR) is 118 cm³/mol. The summed E-state index contributed by atoms with van der Waals surface area (Å²) in [5.74, 6) is -0.234. The zero-order valence-electron chi connectivity index (χ0n) is 14.7. The van der Waals surface area contributed by atoms with E-state index in [-0.39, 0.29) is 20.8 Å². The fourth-order valence-electron chi connectivity index (χ4n) is 2.33. The number of halogens is 2. The Balaban J connectivity index is 1.71. The first-order valence-electron chi connectivity index (χ1n) is 7.96. The first-order valence-corrected chi connectivity index (χ1v) is 9.94. The maximum absolute atomic E-state index is 12.6. The molecule has 11 heteroatoms. The van der Waals surface area contributed by atoms with Crippen LogP contribution in [0.1, 0.15) is 5.56 Å². The van der Waals surface area contributed by atoms with E-state index < -0.39 is 11.9 Å². The summed E-state index contributed by atoms with van der Waals surface area (Å²) in [6.07, 6.45) is 1.58. The fraction of sp³-hybridized carbons (Fsp3) is 0.0556. The van der Waals surface area contributed by atoms with Gasteiger partial charge in [-0.3, -0.25) is 4.79 Å². The van der Waals surface area contributed by atoms with E-state index in [1.165, 1.54) is 25.3 Å². The molecule has 0 radical (unpaired) electrons. The molecule has 2 aromatic rings. The Morgan fingerprint density at radius 1 is 1.24 bits per heavy atom. The van der Waals surface area contributed by atoms with E-state index in [0.29, 0.717) is 21.2 Å². The average Bonchev–Trinajstić information content (AvgIpc) is 2.93. The Kier molecular flexibility index (Phi) is 6.53. The van der Waals surface area contributed by atoms with Crippen molar-refractivity contribution in [1.82, 2.24) is 10.4 Å². The van der Waals surface area contributed by atoms with Gasteiger partial charge in [0.2, 0.25) is 0 Å². The minimum atomic E-state index is -0.674. The molecule has 0 bridgehead atoms. The van der Waals surface area contributed by atoms with Gasteiger partial charge in [-0.25, -0.2) is 10.2 Å². The van der Waals surface area contributed by atoms with Gasteiger partial charge in [-0.15, -0.1) is 0 Å². The first-order chi connectivity index (χ1) is 13.8. The Hall–Kier alpha value is -2.46. The second-order valence-corrected chi connectivity index (χ2v) is 8.13. The Labute approximate surface area is 185 Å². The molecule has 0 unspecified atom stereocenters. The number of hydrogen-bond donors (Lipinski definition) is 3. The molecule has 1 heterocycles. The van der Waals surface area contributed by atoms with Crippen LogP contribution in [0.3, 0.4) is 0 Å². The van der Waals surface area contributed by atoms with Gasteiger partial charge < -0.3 is 15.2 Å². The number of thioether (sulfide) groups is 1. The lowest BCUT2D eigenvalue weighted by molar-refractivity contribution is -0.123. The molecule has 3 rings (SSSR count). The number of hydrazine groups is 1. The number of phenols is 1. The van der Waals surface area contributed by atoms with Crippen molar-refractivity contribution in [2.45, 2.75) is 0 Å². The van der Waals surface area contributed by atoms with Gasteiger partial charge in [0.05, 0.1) is 22.1 Å². The molecule has 1 aliphatic heterocycles. The summed E-state index contributed by atoms with van der Waals surface area (Å²) < 4.78 is 5.22. The molecule has 1 aliphatic rings. The Morgan fingerprint density at radius 2 is 2.00 bits per heavy atom. The second kappa shape index (κ2) is 8.91. The van der Waals surface area contributed by atoms with Crippen LogP contribution in [0.15, 0.2) is 41.3 Å². The second-order valence-electron chi connectivity index (χ2n) is 5.64. The van der Waals surface area contributed by atoms with Crippen LogP contribution in [-0.2, 0) is 4.79 Å². The van der Waals surface area contributed by atoms with Gasteiger partial charge >= 0.3 is 6.03 Å². The minimum absolute atomic E-state index is 0.0159. The summed E-state index contributed by atoms with van der Waals surface area (Å²) in [4.78, 5) is 25.1. The number of urea groups is 1. The molecule has 0 aliphatic carbocycles. The van der Waals surface area contributed by atoms with Crippen LogP contribution in [0.2, 0.25) is 10.0 Å². The highest BCUT2D eigenvalue weighted by Gasteiger charge is 2.33. The quantitative estimate of drug-likeness (QED) is 0.446. The maximum atomic E-state index is 12.6. The van der Waals surface area contributed by atoms with Crippen molar-refractivity contribution in [2.24, 2.45) is 0 Å². The lowest BCUT2D eigenvalue weighted by Crippen LogP contribution is -2.46. The van der Waals surface area contributed by atoms with E-state index in [4.69, 9.17) is 40.2 Å². The number of rotatable bonds is 4. The van der Waals surface area contributed by atoms with Gasteiger partial charge in [0.15, 0.2) is 15.8 Å². The van der Waals surface area contributed by atoms with Crippen LogP contribution in [0, 0.1) is 0 Å². The highest BCUT2D eigenvalue weighted by Crippen LogP contribution is 2.33. The summed E-state index contributed by atoms with van der Waals surface area (Å²) in [5.41, 5.74) is 3.42. The Morgan fingerprint density at radius 3 is 2.69 bits per heavy atom. The number of anilines is 1. The molecule has 3 amide bonds. The van der Waals surface area contributed by atoms with Crippen molar-refractivity contribution in [3.63, 3.8) is 0 Å². The molecule has 29 heavy (non-hydrogen) atoms. The number of methoxy groups -OCH3 is 1. The zero-order valence-corrected chi connectivity index (χ0v) is 17.9. The number of carbonyl (C=O) groups is 2. The van der Waals surface area contributed by atoms with Crippen LogP contribution < -0.4 is 15.5 Å². The summed E-state index contributed by atoms with van der Waals surface area (Å²) in [5, 5.41) is 13.8. The number of thiocarbonyl (C=S) groups is 1. The molecule has 0 saturated carbocycles. The monoisotopic (exact) mass is 469 g/mol. The molecular weight excluding hydrogens is 457 g/mol. The largest absolute Gasteiger partial charge is 0.504 e. The van der Waals surface area contributed by atoms with Gasteiger partial charge in [-0.1, -0.05) is 41.0 Å². The van der Waals surface area contributed by atoms with Gasteiger partial charge in [0.1, 0.15) is 0 Å². The average molecular weight is 470 g/mol. The number of hydrogen-bond acceptors (Lipinski definition) is 6. The van der Waals surface area contributed by atoms with Crippen molar-refractivity contribution in [3.05, 3.63) is 56.9 Å². The van der Waals surface area contributed by atoms with Crippen molar-refractivity contribution in [3.8, 4) is 11.5 Å². The lowest BCUT2D eigenvalue weighted by atomic mass is 10.2. The van der Waals surface area contributed by atoms with Crippen LogP contribution in [0.4, 0.5) is 10.5 Å². The zero-order chi connectivity index (χ0) is 21.1. The molecule has 150 valence electrons. The molecule has 0 spiro atoms. The third-order valence-corrected chi connectivity index (χ3v) is 5.73. The normalized spacial score (nSPS) is 15.0. The van der Waals surface area contributed by atoms with E-state index in [1.807, 2.05) is 0 Å². The van der Waals surface area contributed by atoms with Crippen molar-refractivity contribution in [2.75, 3.05) is 12.4 Å². The summed E-state index contributed by atoms with van der Waals surface area (Å²) in [6, 6.07) is 8.55. The van der Waals surface area contributed by atoms with Crippen LogP contribution in [0.25, 0.3) is 6.08 Å². The van der Waals surface area contributed by atoms with Crippen molar-refractivity contribution < 1.29 is 19.4 Å². The number of ether oxygens (including phenoxy) is 1. The molecule has 1 saturated heterocycles. The van der Waals surface area contributed by atoms with Crippen LogP contribution >= 0.6 is 47.2 Å². The number of nitrogens with one attached hydrogen (secondary N) is 2. The molecule has 1 fully saturated rings. The number of phenolic OH excluding ortho intramolecular Hbond substituents is 1. The van der Waals surface area contributed by atoms with Crippen molar-refractivity contribution >= 4 is 75.2 Å². The number of carbonyl (C=O) groups excluding carboxylic acids is 2. The third kappa shape index (κ3) is 4.94. The molecule has 2 aromatic carbocycles. The third-order valence-electron chi connectivity index (χ3n) is 3.69. The van der Waals surface area contributed by atoms with Gasteiger partial charge in [-0.2, -0.15) is 5.01 Å². The number of aromatic hydroxyl groups is 1. The lowest BCUT2D eigenvalue weighted by Gasteiger charge is -2.16. The van der Waals surface area contributed by atoms with E-state index in [2.05, 4.69) is 10.7 Å². The smallest absolute Gasteiger partial charge is 0.338 e. The fourth-order valence-corrected chi connectivity index (χ4v) is 3.81. The molecule has 0 aromatic heterocycles. The highest BCUT2D eigenvalue weighted by molar-refractivity contribution is 8.26. The molecule has 0 atom stereocenters. The molecular formula is C18H13Cl2N3O4S2. The SMILES string of the molecule is COc1cc(/C=C2/SC(=S)N(NC(=O)Nc3ccc(Cl)c(Cl)c3)C2=O)ccc1O.